The molecule has 1 heterocycles. The first-order valence-corrected chi connectivity index (χ1v) is 5.77. The van der Waals surface area contributed by atoms with Crippen molar-refractivity contribution in [2.75, 3.05) is 0 Å². The predicted octanol–water partition coefficient (Wildman–Crippen LogP) is 3.35. The van der Waals surface area contributed by atoms with E-state index in [1.807, 2.05) is 0 Å². The summed E-state index contributed by atoms with van der Waals surface area (Å²) in [5.74, 6) is 0.258. The van der Waals surface area contributed by atoms with Crippen molar-refractivity contribution < 1.29 is 9.13 Å². The molecule has 4 nitrogen and oxygen atoms in total. The molecule has 2 aromatic rings. The van der Waals surface area contributed by atoms with E-state index in [0.29, 0.717) is 10.4 Å². The first-order valence-electron chi connectivity index (χ1n) is 4.98. The molecule has 0 atom stereocenters. The molecular formula is C12H7BrFN3O. The van der Waals surface area contributed by atoms with E-state index in [0.717, 1.165) is 0 Å². The van der Waals surface area contributed by atoms with Gasteiger partial charge in [-0.25, -0.2) is 9.37 Å². The quantitative estimate of drug-likeness (QED) is 0.798. The Bertz CT molecular complexity index is 619. The van der Waals surface area contributed by atoms with Crippen molar-refractivity contribution in [3.05, 3.63) is 46.1 Å². The topological polar surface area (TPSA) is 58.8 Å². The summed E-state index contributed by atoms with van der Waals surface area (Å²) in [7, 11) is 0. The molecule has 0 radical (unpaired) electrons. The highest BCUT2D eigenvalue weighted by atomic mass is 79.9. The fourth-order valence-electron chi connectivity index (χ4n) is 1.37. The summed E-state index contributed by atoms with van der Waals surface area (Å²) >= 11 is 3.21. The van der Waals surface area contributed by atoms with Crippen LogP contribution < -0.4 is 4.74 Å². The Labute approximate surface area is 111 Å². The molecule has 90 valence electrons. The summed E-state index contributed by atoms with van der Waals surface area (Å²) in [6.07, 6.45) is 0. The highest BCUT2D eigenvalue weighted by Gasteiger charge is 2.11. The molecule has 0 N–H and O–H groups in total. The van der Waals surface area contributed by atoms with Gasteiger partial charge in [0.15, 0.2) is 0 Å². The monoisotopic (exact) mass is 307 g/mol. The lowest BCUT2D eigenvalue weighted by Crippen LogP contribution is -1.96. The largest absolute Gasteiger partial charge is 0.437 e. The Morgan fingerprint density at radius 1 is 1.39 bits per heavy atom. The van der Waals surface area contributed by atoms with Crippen LogP contribution in [0.3, 0.4) is 0 Å². The zero-order chi connectivity index (χ0) is 13.1. The lowest BCUT2D eigenvalue weighted by atomic mass is 10.2. The number of aromatic nitrogens is 2. The van der Waals surface area contributed by atoms with Gasteiger partial charge in [-0.05, 0) is 35.0 Å². The number of aryl methyl sites for hydroxylation is 1. The molecule has 1 aromatic carbocycles. The molecule has 0 fully saturated rings. The van der Waals surface area contributed by atoms with Crippen LogP contribution in [0.2, 0.25) is 0 Å². The normalized spacial score (nSPS) is 9.89. The Morgan fingerprint density at radius 3 is 2.83 bits per heavy atom. The Morgan fingerprint density at radius 2 is 2.17 bits per heavy atom. The zero-order valence-electron chi connectivity index (χ0n) is 9.32. The second-order valence-electron chi connectivity index (χ2n) is 3.40. The van der Waals surface area contributed by atoms with Crippen molar-refractivity contribution in [2.24, 2.45) is 0 Å². The Kier molecular flexibility index (Phi) is 3.53. The summed E-state index contributed by atoms with van der Waals surface area (Å²) in [5, 5.41) is 8.87. The minimum Gasteiger partial charge on any atom is -0.437 e. The second kappa shape index (κ2) is 5.10. The number of benzene rings is 1. The molecule has 6 heteroatoms. The van der Waals surface area contributed by atoms with Crippen molar-refractivity contribution >= 4 is 15.9 Å². The predicted molar refractivity (Wildman–Crippen MR) is 65.7 cm³/mol. The number of ether oxygens (including phenoxy) is 1. The van der Waals surface area contributed by atoms with Crippen LogP contribution in [0.5, 0.6) is 11.6 Å². The van der Waals surface area contributed by atoms with Crippen LogP contribution in [-0.4, -0.2) is 9.97 Å². The smallest absolute Gasteiger partial charge is 0.223 e. The van der Waals surface area contributed by atoms with E-state index in [1.165, 1.54) is 18.2 Å². The molecule has 0 aliphatic carbocycles. The van der Waals surface area contributed by atoms with E-state index >= 15 is 0 Å². The standard InChI is InChI=1S/C12H7BrFN3O/c1-7-16-11(13)5-12(17-7)18-10-4-2-3-9(14)8(10)6-15/h2-5H,1H3. The van der Waals surface area contributed by atoms with Crippen LogP contribution in [0.15, 0.2) is 28.9 Å². The van der Waals surface area contributed by atoms with Crippen LogP contribution in [0.25, 0.3) is 0 Å². The Balaban J connectivity index is 2.40. The van der Waals surface area contributed by atoms with Gasteiger partial charge < -0.3 is 4.74 Å². The van der Waals surface area contributed by atoms with E-state index < -0.39 is 5.82 Å². The summed E-state index contributed by atoms with van der Waals surface area (Å²) in [6, 6.07) is 7.47. The first kappa shape index (κ1) is 12.5. The molecule has 0 spiro atoms. The molecule has 2 rings (SSSR count). The van der Waals surface area contributed by atoms with Crippen LogP contribution in [0.1, 0.15) is 11.4 Å². The van der Waals surface area contributed by atoms with Gasteiger partial charge in [-0.3, -0.25) is 0 Å². The average Bonchev–Trinajstić information content (AvgIpc) is 2.27. The number of nitrogens with zero attached hydrogens (tertiary/aromatic N) is 3. The van der Waals surface area contributed by atoms with E-state index in [2.05, 4.69) is 25.9 Å². The lowest BCUT2D eigenvalue weighted by Gasteiger charge is -2.07. The number of nitriles is 1. The van der Waals surface area contributed by atoms with Crippen molar-refractivity contribution in [1.29, 1.82) is 5.26 Å². The van der Waals surface area contributed by atoms with Gasteiger partial charge in [0, 0.05) is 6.07 Å². The third-order valence-electron chi connectivity index (χ3n) is 2.08. The van der Waals surface area contributed by atoms with Gasteiger partial charge in [-0.15, -0.1) is 0 Å². The molecule has 0 aliphatic rings. The number of hydrogen-bond acceptors (Lipinski definition) is 4. The van der Waals surface area contributed by atoms with Gasteiger partial charge in [0.2, 0.25) is 5.88 Å². The summed E-state index contributed by atoms with van der Waals surface area (Å²) in [6.45, 7) is 1.70. The van der Waals surface area contributed by atoms with Crippen LogP contribution in [-0.2, 0) is 0 Å². The molecule has 18 heavy (non-hydrogen) atoms. The van der Waals surface area contributed by atoms with E-state index in [1.54, 1.807) is 19.1 Å². The number of halogens is 2. The maximum Gasteiger partial charge on any atom is 0.223 e. The Hall–Kier alpha value is -2.00. The molecule has 0 aliphatic heterocycles. The van der Waals surface area contributed by atoms with Crippen LogP contribution in [0, 0.1) is 24.1 Å². The second-order valence-corrected chi connectivity index (χ2v) is 4.22. The molecule has 1 aromatic heterocycles. The minimum absolute atomic E-state index is 0.127. The maximum atomic E-state index is 13.4. The first-order chi connectivity index (χ1) is 8.60. The van der Waals surface area contributed by atoms with Gasteiger partial charge in [0.25, 0.3) is 0 Å². The van der Waals surface area contributed by atoms with Crippen molar-refractivity contribution in [1.82, 2.24) is 9.97 Å². The summed E-state index contributed by atoms with van der Waals surface area (Å²) in [4.78, 5) is 8.06. The summed E-state index contributed by atoms with van der Waals surface area (Å²) < 4.78 is 19.3. The molecule has 0 unspecified atom stereocenters. The van der Waals surface area contributed by atoms with Gasteiger partial charge in [0.05, 0.1) is 0 Å². The van der Waals surface area contributed by atoms with Crippen LogP contribution >= 0.6 is 15.9 Å². The molecular weight excluding hydrogens is 301 g/mol. The van der Waals surface area contributed by atoms with E-state index in [9.17, 15) is 4.39 Å². The zero-order valence-corrected chi connectivity index (χ0v) is 10.9. The van der Waals surface area contributed by atoms with Crippen molar-refractivity contribution in [3.8, 4) is 17.7 Å². The van der Waals surface area contributed by atoms with Crippen molar-refractivity contribution in [3.63, 3.8) is 0 Å². The fourth-order valence-corrected chi connectivity index (χ4v) is 1.82. The van der Waals surface area contributed by atoms with Gasteiger partial charge in [0.1, 0.15) is 33.6 Å². The maximum absolute atomic E-state index is 13.4. The van der Waals surface area contributed by atoms with Gasteiger partial charge >= 0.3 is 0 Å². The van der Waals surface area contributed by atoms with E-state index in [4.69, 9.17) is 10.00 Å². The number of rotatable bonds is 2. The SMILES string of the molecule is Cc1nc(Br)cc(Oc2cccc(F)c2C#N)n1. The number of hydrogen-bond donors (Lipinski definition) is 0. The highest BCUT2D eigenvalue weighted by Crippen LogP contribution is 2.26. The van der Waals surface area contributed by atoms with Gasteiger partial charge in [-0.2, -0.15) is 10.2 Å². The lowest BCUT2D eigenvalue weighted by molar-refractivity contribution is 0.452. The summed E-state index contributed by atoms with van der Waals surface area (Å²) in [5.41, 5.74) is -0.148. The molecule has 0 saturated carbocycles. The molecule has 0 amide bonds. The van der Waals surface area contributed by atoms with Crippen LogP contribution in [0.4, 0.5) is 4.39 Å². The highest BCUT2D eigenvalue weighted by molar-refractivity contribution is 9.10. The fraction of sp³-hybridized carbons (Fsp3) is 0.0833. The minimum atomic E-state index is -0.625. The average molecular weight is 308 g/mol. The molecule has 0 bridgehead atoms. The van der Waals surface area contributed by atoms with Crippen molar-refractivity contribution in [2.45, 2.75) is 6.92 Å². The van der Waals surface area contributed by atoms with Gasteiger partial charge in [-0.1, -0.05) is 6.07 Å². The molecule has 0 saturated heterocycles. The van der Waals surface area contributed by atoms with E-state index in [-0.39, 0.29) is 17.2 Å². The third-order valence-corrected chi connectivity index (χ3v) is 2.49. The third kappa shape index (κ3) is 2.63.